The lowest BCUT2D eigenvalue weighted by Gasteiger charge is -2.37. The molecule has 0 spiro atoms. The van der Waals surface area contributed by atoms with E-state index in [1.165, 1.54) is 31.0 Å². The summed E-state index contributed by atoms with van der Waals surface area (Å²) in [5, 5.41) is 0. The van der Waals surface area contributed by atoms with Gasteiger partial charge in [-0.3, -0.25) is 4.79 Å². The van der Waals surface area contributed by atoms with Crippen molar-refractivity contribution in [2.24, 2.45) is 0 Å². The number of nitrogens with zero attached hydrogens (tertiary/aromatic N) is 1. The maximum absolute atomic E-state index is 12.8. The molecule has 1 unspecified atom stereocenters. The summed E-state index contributed by atoms with van der Waals surface area (Å²) in [6.07, 6.45) is 7.52. The zero-order valence-corrected chi connectivity index (χ0v) is 20.8. The van der Waals surface area contributed by atoms with Crippen molar-refractivity contribution >= 4 is 32.7 Å². The van der Waals surface area contributed by atoms with E-state index >= 15 is 0 Å². The summed E-state index contributed by atoms with van der Waals surface area (Å²) < 4.78 is 34.1. The summed E-state index contributed by atoms with van der Waals surface area (Å²) in [6, 6.07) is 11.4. The molecule has 0 bridgehead atoms. The van der Waals surface area contributed by atoms with Crippen LogP contribution in [0.4, 0.5) is 5.69 Å². The number of carbonyl (C=O) groups excluding carboxylic acids is 1. The fourth-order valence-electron chi connectivity index (χ4n) is 5.40. The fraction of sp³-hybridized carbons (Fsp3) is 0.286. The van der Waals surface area contributed by atoms with Gasteiger partial charge in [0.15, 0.2) is 11.5 Å². The van der Waals surface area contributed by atoms with Gasteiger partial charge in [-0.25, -0.2) is 4.21 Å². The second-order valence-electron chi connectivity index (χ2n) is 9.06. The third-order valence-corrected chi connectivity index (χ3v) is 7.91. The number of ketones is 1. The molecule has 1 aliphatic carbocycles. The Bertz CT molecular complexity index is 1360. The minimum absolute atomic E-state index is 0.152. The number of benzene rings is 2. The molecule has 6 nitrogen and oxygen atoms in total. The van der Waals surface area contributed by atoms with E-state index in [4.69, 9.17) is 9.47 Å². The minimum Gasteiger partial charge on any atom is -0.492 e. The SMILES string of the molecule is C=S(=O)(O)c1ccccc1C(=C1C=C(OC)C(=O)C(OC)=C1)c1cc2c3c(c1)CCCN3CCC2. The average Bonchev–Trinajstić information content (AvgIpc) is 2.85. The summed E-state index contributed by atoms with van der Waals surface area (Å²) in [5.74, 6) is 3.50. The van der Waals surface area contributed by atoms with Crippen LogP contribution < -0.4 is 4.90 Å². The van der Waals surface area contributed by atoms with Crippen LogP contribution >= 0.6 is 0 Å². The van der Waals surface area contributed by atoms with Gasteiger partial charge in [-0.2, -0.15) is 0 Å². The molecule has 35 heavy (non-hydrogen) atoms. The van der Waals surface area contributed by atoms with E-state index in [1.54, 1.807) is 24.3 Å². The summed E-state index contributed by atoms with van der Waals surface area (Å²) in [5.41, 5.74) is 6.85. The number of allylic oxidation sites excluding steroid dienone is 3. The first-order valence-electron chi connectivity index (χ1n) is 11.7. The van der Waals surface area contributed by atoms with E-state index in [0.29, 0.717) is 11.1 Å². The van der Waals surface area contributed by atoms with Gasteiger partial charge in [-0.1, -0.05) is 18.2 Å². The number of aryl methyl sites for hydroxylation is 2. The van der Waals surface area contributed by atoms with E-state index in [2.05, 4.69) is 22.9 Å². The van der Waals surface area contributed by atoms with Crippen molar-refractivity contribution in [2.45, 2.75) is 30.6 Å². The largest absolute Gasteiger partial charge is 0.492 e. The van der Waals surface area contributed by atoms with Gasteiger partial charge in [0.25, 0.3) is 5.78 Å². The highest BCUT2D eigenvalue weighted by atomic mass is 32.2. The van der Waals surface area contributed by atoms with Gasteiger partial charge in [0.05, 0.1) is 19.1 Å². The standard InChI is InChI=1S/C28H29NO5S/c1-33-23-16-21(17-24(34-2)28(23)30)26(22-10-4-5-11-25(22)35(3,31)32)20-14-18-8-6-12-29-13-7-9-19(15-20)27(18)29/h4-5,10-11,14-17H,3,6-9,12-13H2,1-2H3,(H,31,32). The van der Waals surface area contributed by atoms with E-state index in [-0.39, 0.29) is 22.2 Å². The molecule has 2 aromatic rings. The van der Waals surface area contributed by atoms with Gasteiger partial charge in [-0.05, 0) is 89.7 Å². The molecule has 2 aromatic carbocycles. The third kappa shape index (κ3) is 4.19. The Kier molecular flexibility index (Phi) is 6.07. The van der Waals surface area contributed by atoms with Crippen LogP contribution in [0.2, 0.25) is 0 Å². The maximum Gasteiger partial charge on any atom is 0.261 e. The lowest BCUT2D eigenvalue weighted by molar-refractivity contribution is -0.117. The first-order valence-corrected chi connectivity index (χ1v) is 13.4. The van der Waals surface area contributed by atoms with Crippen LogP contribution in [0.3, 0.4) is 0 Å². The molecule has 3 aliphatic rings. The van der Waals surface area contributed by atoms with Crippen LogP contribution in [0.25, 0.3) is 5.57 Å². The molecule has 1 atom stereocenters. The fourth-order valence-corrected chi connectivity index (χ4v) is 6.21. The van der Waals surface area contributed by atoms with Crippen molar-refractivity contribution in [3.63, 3.8) is 0 Å². The van der Waals surface area contributed by atoms with Gasteiger partial charge in [0.2, 0.25) is 0 Å². The second-order valence-corrected chi connectivity index (χ2v) is 10.8. The lowest BCUT2D eigenvalue weighted by Crippen LogP contribution is -2.34. The first-order chi connectivity index (χ1) is 16.8. The maximum atomic E-state index is 12.8. The quantitative estimate of drug-likeness (QED) is 0.626. The number of Topliss-reactive ketones (excluding diaryl/α,β-unsaturated/α-hetero) is 1. The summed E-state index contributed by atoms with van der Waals surface area (Å²) in [4.78, 5) is 15.4. The Morgan fingerprint density at radius 2 is 1.57 bits per heavy atom. The van der Waals surface area contributed by atoms with Crippen molar-refractivity contribution < 1.29 is 23.0 Å². The lowest BCUT2D eigenvalue weighted by atomic mass is 9.84. The van der Waals surface area contributed by atoms with Crippen LogP contribution in [0.15, 0.2) is 70.5 Å². The number of carbonyl (C=O) groups is 1. The number of hydrogen-bond acceptors (Lipinski definition) is 5. The average molecular weight is 492 g/mol. The Morgan fingerprint density at radius 3 is 2.11 bits per heavy atom. The molecule has 182 valence electrons. The number of methoxy groups -OCH3 is 2. The molecule has 2 aliphatic heterocycles. The van der Waals surface area contributed by atoms with Crippen molar-refractivity contribution in [1.29, 1.82) is 0 Å². The Hall–Kier alpha value is -3.29. The number of hydrogen-bond donors (Lipinski definition) is 1. The normalized spacial score (nSPS) is 18.8. The Labute approximate surface area is 206 Å². The van der Waals surface area contributed by atoms with Crippen LogP contribution in [-0.4, -0.2) is 47.7 Å². The predicted molar refractivity (Wildman–Crippen MR) is 139 cm³/mol. The van der Waals surface area contributed by atoms with Crippen molar-refractivity contribution in [2.75, 3.05) is 32.2 Å². The number of rotatable bonds is 5. The van der Waals surface area contributed by atoms with Crippen molar-refractivity contribution in [1.82, 2.24) is 0 Å². The molecule has 0 saturated carbocycles. The molecule has 0 aromatic heterocycles. The molecule has 1 N–H and O–H groups in total. The monoisotopic (exact) mass is 491 g/mol. The molecule has 5 rings (SSSR count). The first kappa shape index (κ1) is 23.5. The van der Waals surface area contributed by atoms with Gasteiger partial charge >= 0.3 is 0 Å². The number of ether oxygens (including phenoxy) is 2. The smallest absolute Gasteiger partial charge is 0.261 e. The summed E-state index contributed by atoms with van der Waals surface area (Å²) in [6.45, 7) is 2.15. The van der Waals surface area contributed by atoms with E-state index < -0.39 is 9.80 Å². The number of anilines is 1. The van der Waals surface area contributed by atoms with Crippen molar-refractivity contribution in [3.05, 3.63) is 87.9 Å². The van der Waals surface area contributed by atoms with Crippen LogP contribution in [0.1, 0.15) is 35.1 Å². The third-order valence-electron chi connectivity index (χ3n) is 6.87. The molecule has 0 radical (unpaired) electrons. The zero-order valence-electron chi connectivity index (χ0n) is 20.0. The predicted octanol–water partition coefficient (Wildman–Crippen LogP) is 4.38. The van der Waals surface area contributed by atoms with E-state index in [0.717, 1.165) is 49.9 Å². The highest BCUT2D eigenvalue weighted by Crippen LogP contribution is 2.41. The molecule has 0 amide bonds. The molecule has 2 heterocycles. The van der Waals surface area contributed by atoms with E-state index in [1.807, 2.05) is 12.1 Å². The van der Waals surface area contributed by atoms with Crippen molar-refractivity contribution in [3.8, 4) is 0 Å². The summed E-state index contributed by atoms with van der Waals surface area (Å²) in [7, 11) is -0.626. The van der Waals surface area contributed by atoms with E-state index in [9.17, 15) is 13.6 Å². The molecular weight excluding hydrogens is 462 g/mol. The molecule has 7 heteroatoms. The van der Waals surface area contributed by atoms with Gasteiger partial charge in [-0.15, -0.1) is 0 Å². The highest BCUT2D eigenvalue weighted by molar-refractivity contribution is 7.95. The van der Waals surface area contributed by atoms with Gasteiger partial charge in [0, 0.05) is 24.3 Å². The molecule has 0 fully saturated rings. The Balaban J connectivity index is 1.85. The molecule has 0 saturated heterocycles. The van der Waals surface area contributed by atoms with Crippen LogP contribution in [0.5, 0.6) is 0 Å². The molecular formula is C28H29NO5S. The van der Waals surface area contributed by atoms with Crippen LogP contribution in [0, 0.1) is 0 Å². The van der Waals surface area contributed by atoms with Crippen LogP contribution in [-0.2, 0) is 36.9 Å². The highest BCUT2D eigenvalue weighted by Gasteiger charge is 2.29. The zero-order chi connectivity index (χ0) is 24.7. The van der Waals surface area contributed by atoms with Gasteiger partial charge in [0.1, 0.15) is 9.80 Å². The Morgan fingerprint density at radius 1 is 1.00 bits per heavy atom. The topological polar surface area (TPSA) is 76.1 Å². The van der Waals surface area contributed by atoms with Gasteiger partial charge < -0.3 is 18.9 Å². The summed E-state index contributed by atoms with van der Waals surface area (Å²) >= 11 is 0. The minimum atomic E-state index is -3.52. The second kappa shape index (κ2) is 9.06.